The molecule has 282 valence electrons. The van der Waals surface area contributed by atoms with Crippen molar-refractivity contribution in [1.29, 1.82) is 0 Å². The van der Waals surface area contributed by atoms with E-state index < -0.39 is 0 Å². The Bertz CT molecular complexity index is 1700. The quantitative estimate of drug-likeness (QED) is 0.171. The molecule has 0 bridgehead atoms. The van der Waals surface area contributed by atoms with Gasteiger partial charge in [-0.05, 0) is 59.3 Å². The first-order chi connectivity index (χ1) is 23.0. The number of hydrogen-bond acceptors (Lipinski definition) is 6. The van der Waals surface area contributed by atoms with Crippen LogP contribution in [-0.4, -0.2) is 59.6 Å². The number of aromatic amines is 2. The molecular weight excluding hydrogens is 897 g/mol. The van der Waals surface area contributed by atoms with Crippen LogP contribution in [0.2, 0.25) is 0 Å². The SMILES string of the molecule is C.CC.CC.C[CH-]c1ncc(-c2ccc3c(c2)OCCOCCOCCOc2cc(-c4ccc5nc([C@H](C)C(C)C)[nH]c5c4)ccc2-3)[nH]1.[CH3-].[CH3-].[W].[Y+3]. The number of imidazole rings is 2. The molecule has 0 fully saturated rings. The fourth-order valence-electron chi connectivity index (χ4n) is 5.19. The van der Waals surface area contributed by atoms with Gasteiger partial charge in [-0.1, -0.05) is 74.1 Å². The normalized spacial score (nSPS) is 12.8. The molecule has 8 nitrogen and oxygen atoms in total. The molecule has 0 amide bonds. The van der Waals surface area contributed by atoms with Gasteiger partial charge in [-0.15, -0.1) is 0 Å². The zero-order valence-corrected chi connectivity index (χ0v) is 38.0. The summed E-state index contributed by atoms with van der Waals surface area (Å²) in [6.07, 6.45) is 3.79. The molecule has 1 aliphatic heterocycles. The summed E-state index contributed by atoms with van der Waals surface area (Å²) in [7, 11) is 0. The van der Waals surface area contributed by atoms with Crippen LogP contribution in [0.3, 0.4) is 0 Å². The molecule has 1 aliphatic rings. The molecule has 0 aliphatic carbocycles. The minimum Gasteiger partial charge on any atom is -0.491 e. The molecule has 2 N–H and O–H groups in total. The van der Waals surface area contributed by atoms with Crippen LogP contribution in [0.1, 0.15) is 80.4 Å². The van der Waals surface area contributed by atoms with Crippen LogP contribution in [0.4, 0.5) is 0 Å². The third-order valence-corrected chi connectivity index (χ3v) is 8.04. The molecule has 1 atom stereocenters. The molecule has 3 heterocycles. The number of fused-ring (bicyclic) bond motifs is 4. The van der Waals surface area contributed by atoms with E-state index in [1.807, 2.05) is 47.2 Å². The Labute approximate surface area is 354 Å². The van der Waals surface area contributed by atoms with Gasteiger partial charge in [-0.3, -0.25) is 4.98 Å². The summed E-state index contributed by atoms with van der Waals surface area (Å²) < 4.78 is 24.1. The van der Waals surface area contributed by atoms with Crippen LogP contribution in [-0.2, 0) is 63.2 Å². The van der Waals surface area contributed by atoms with Gasteiger partial charge < -0.3 is 50.2 Å². The number of nitrogens with one attached hydrogen (secondary N) is 2. The van der Waals surface area contributed by atoms with E-state index in [1.165, 1.54) is 0 Å². The maximum absolute atomic E-state index is 6.37. The Morgan fingerprint density at radius 3 is 1.73 bits per heavy atom. The first kappa shape index (κ1) is 51.6. The van der Waals surface area contributed by atoms with E-state index in [0.717, 1.165) is 67.7 Å². The number of ether oxygens (including phenoxy) is 4. The van der Waals surface area contributed by atoms with Gasteiger partial charge in [0.1, 0.15) is 30.5 Å². The molecule has 0 saturated carbocycles. The predicted molar refractivity (Wildman–Crippen MR) is 212 cm³/mol. The zero-order chi connectivity index (χ0) is 33.8. The van der Waals surface area contributed by atoms with Gasteiger partial charge in [-0.25, -0.2) is 4.98 Å². The van der Waals surface area contributed by atoms with Gasteiger partial charge in [0, 0.05) is 49.9 Å². The maximum Gasteiger partial charge on any atom is 3.00 e. The average molecular weight is 959 g/mol. The molecule has 52 heavy (non-hydrogen) atoms. The van der Waals surface area contributed by atoms with E-state index in [9.17, 15) is 0 Å². The first-order valence-electron chi connectivity index (χ1n) is 17.0. The molecule has 0 unspecified atom stereocenters. The Kier molecular flexibility index (Phi) is 26.1. The number of hydrogen-bond donors (Lipinski definition) is 2. The van der Waals surface area contributed by atoms with E-state index in [-0.39, 0.29) is 76.1 Å². The Morgan fingerprint density at radius 2 is 1.19 bits per heavy atom. The number of benzene rings is 3. The summed E-state index contributed by atoms with van der Waals surface area (Å²) in [5.41, 5.74) is 7.98. The fraction of sp³-hybridized carbons (Fsp3) is 0.405. The largest absolute Gasteiger partial charge is 3.00 e. The van der Waals surface area contributed by atoms with Crippen LogP contribution >= 0.6 is 0 Å². The van der Waals surface area contributed by atoms with E-state index in [1.54, 1.807) is 0 Å². The summed E-state index contributed by atoms with van der Waals surface area (Å²) in [4.78, 5) is 16.2. The van der Waals surface area contributed by atoms with Crippen LogP contribution in [0, 0.1) is 27.2 Å². The standard InChI is InChI=1S/C35H39N4O4.2C2H6.CH4.2CH3.W.Y/c1-5-34-36-21-31(37-34)26-7-10-28-27-9-6-25(24-8-11-29-30(18-24)39-35(38-29)23(4)22(2)3)19-32(27)42-16-14-40-12-13-41-15-17-43-33(28)20-26;2*1-2;;;;;/h5-11,18-23H,12-17H2,1-4H3,(H,36,37)(H,38,39);2*1-2H3;1H4;2*1H3;;/q-1;;;;2*-1;;+3/t23-;;;;;;;/m1......./s1. The molecule has 10 heteroatoms. The molecule has 2 aromatic heterocycles. The van der Waals surface area contributed by atoms with Crippen molar-refractivity contribution in [1.82, 2.24) is 19.9 Å². The molecular formula is C42H61N4O4WY. The van der Waals surface area contributed by atoms with E-state index in [4.69, 9.17) is 23.9 Å². The third-order valence-electron chi connectivity index (χ3n) is 8.04. The van der Waals surface area contributed by atoms with Crippen molar-refractivity contribution in [2.45, 2.75) is 68.7 Å². The minimum absolute atomic E-state index is 0. The smallest absolute Gasteiger partial charge is 0.491 e. The average Bonchev–Trinajstić information content (AvgIpc) is 3.77. The number of H-pyrrole nitrogens is 2. The van der Waals surface area contributed by atoms with Crippen molar-refractivity contribution < 1.29 is 72.7 Å². The third kappa shape index (κ3) is 13.1. The second-order valence-electron chi connectivity index (χ2n) is 11.2. The van der Waals surface area contributed by atoms with Crippen LogP contribution in [0.15, 0.2) is 60.8 Å². The van der Waals surface area contributed by atoms with Crippen molar-refractivity contribution >= 4 is 11.0 Å². The van der Waals surface area contributed by atoms with Crippen molar-refractivity contribution in [2.75, 3.05) is 39.6 Å². The first-order valence-corrected chi connectivity index (χ1v) is 17.0. The molecule has 6 rings (SSSR count). The second-order valence-corrected chi connectivity index (χ2v) is 11.2. The van der Waals surface area contributed by atoms with Gasteiger partial charge in [0.2, 0.25) is 0 Å². The van der Waals surface area contributed by atoms with Gasteiger partial charge in [-0.2, -0.15) is 6.92 Å². The summed E-state index contributed by atoms with van der Waals surface area (Å²) in [5, 5.41) is 0. The van der Waals surface area contributed by atoms with E-state index >= 15 is 0 Å². The van der Waals surface area contributed by atoms with Gasteiger partial charge in [0.25, 0.3) is 0 Å². The van der Waals surface area contributed by atoms with Gasteiger partial charge >= 0.3 is 32.7 Å². The number of nitrogens with zero attached hydrogens (tertiary/aromatic N) is 2. The second kappa shape index (κ2) is 26.3. The van der Waals surface area contributed by atoms with Crippen molar-refractivity contribution in [2.24, 2.45) is 5.92 Å². The molecule has 5 aromatic rings. The Morgan fingerprint density at radius 1 is 0.692 bits per heavy atom. The van der Waals surface area contributed by atoms with Crippen molar-refractivity contribution in [3.05, 3.63) is 93.7 Å². The van der Waals surface area contributed by atoms with E-state index in [0.29, 0.717) is 51.5 Å². The van der Waals surface area contributed by atoms with Gasteiger partial charge in [0.15, 0.2) is 0 Å². The molecule has 0 saturated heterocycles. The monoisotopic (exact) mass is 958 g/mol. The molecule has 0 spiro atoms. The van der Waals surface area contributed by atoms with Crippen LogP contribution in [0.25, 0.3) is 44.5 Å². The summed E-state index contributed by atoms with van der Waals surface area (Å²) in [6, 6.07) is 18.9. The van der Waals surface area contributed by atoms with Crippen LogP contribution in [0.5, 0.6) is 11.5 Å². The molecule has 0 radical (unpaired) electrons. The maximum atomic E-state index is 6.37. The fourth-order valence-corrected chi connectivity index (χ4v) is 5.19. The molecule has 3 aromatic carbocycles. The predicted octanol–water partition coefficient (Wildman–Crippen LogP) is 11.0. The number of rotatable bonds is 5. The minimum atomic E-state index is 0. The zero-order valence-electron chi connectivity index (χ0n) is 32.3. The van der Waals surface area contributed by atoms with E-state index in [2.05, 4.69) is 90.3 Å². The summed E-state index contributed by atoms with van der Waals surface area (Å²) in [6.45, 7) is 19.4. The van der Waals surface area contributed by atoms with Crippen molar-refractivity contribution in [3.8, 4) is 45.0 Å². The topological polar surface area (TPSA) is 94.3 Å². The van der Waals surface area contributed by atoms with Gasteiger partial charge in [0.05, 0.1) is 43.2 Å². The summed E-state index contributed by atoms with van der Waals surface area (Å²) in [5.74, 6) is 4.25. The van der Waals surface area contributed by atoms with Crippen LogP contribution < -0.4 is 9.47 Å². The van der Waals surface area contributed by atoms with Crippen molar-refractivity contribution in [3.63, 3.8) is 0 Å². The summed E-state index contributed by atoms with van der Waals surface area (Å²) >= 11 is 0. The number of aromatic nitrogens is 4. The Hall–Kier alpha value is -2.48. The Balaban J connectivity index is 0.